The Morgan fingerprint density at radius 3 is 2.57 bits per heavy atom. The van der Waals surface area contributed by atoms with Crippen molar-refractivity contribution in [2.24, 2.45) is 5.73 Å². The highest BCUT2D eigenvalue weighted by Gasteiger charge is 2.27. The van der Waals surface area contributed by atoms with Gasteiger partial charge in [-0.15, -0.1) is 11.3 Å². The van der Waals surface area contributed by atoms with Gasteiger partial charge in [-0.1, -0.05) is 25.6 Å². The summed E-state index contributed by atoms with van der Waals surface area (Å²) in [5.74, 6) is 0.118. The zero-order valence-corrected chi connectivity index (χ0v) is 15.3. The number of hydrogen-bond donors (Lipinski definition) is 1. The van der Waals surface area contributed by atoms with Crippen molar-refractivity contribution in [1.82, 2.24) is 9.80 Å². The fraction of sp³-hybridized carbons (Fsp3) is 0.571. The third-order valence-corrected chi connectivity index (χ3v) is 5.60. The van der Waals surface area contributed by atoms with Crippen molar-refractivity contribution in [3.05, 3.63) is 20.8 Å². The third kappa shape index (κ3) is 4.25. The molecule has 1 unspecified atom stereocenters. The van der Waals surface area contributed by atoms with Gasteiger partial charge in [-0.05, 0) is 34.5 Å². The minimum Gasteiger partial charge on any atom is -0.392 e. The van der Waals surface area contributed by atoms with E-state index in [4.69, 9.17) is 18.0 Å². The van der Waals surface area contributed by atoms with Gasteiger partial charge in [0.1, 0.15) is 0 Å². The van der Waals surface area contributed by atoms with E-state index in [1.807, 2.05) is 17.0 Å². The fourth-order valence-corrected chi connectivity index (χ4v) is 4.22. The molecule has 1 atom stereocenters. The Balaban J connectivity index is 1.93. The molecule has 1 aliphatic rings. The highest BCUT2D eigenvalue weighted by atomic mass is 79.9. The Labute approximate surface area is 143 Å². The topological polar surface area (TPSA) is 49.6 Å². The first kappa shape index (κ1) is 16.9. The lowest BCUT2D eigenvalue weighted by molar-refractivity contribution is 0.0613. The smallest absolute Gasteiger partial charge is 0.264 e. The second kappa shape index (κ2) is 7.67. The maximum Gasteiger partial charge on any atom is 0.264 e. The van der Waals surface area contributed by atoms with Gasteiger partial charge in [0.2, 0.25) is 0 Å². The summed E-state index contributed by atoms with van der Waals surface area (Å²) in [6.07, 6.45) is 2.05. The minimum atomic E-state index is 0.118. The van der Waals surface area contributed by atoms with Crippen molar-refractivity contribution in [2.45, 2.75) is 25.8 Å². The lowest BCUT2D eigenvalue weighted by Crippen LogP contribution is -2.54. The van der Waals surface area contributed by atoms with Crippen LogP contribution in [0.15, 0.2) is 15.9 Å². The van der Waals surface area contributed by atoms with E-state index in [-0.39, 0.29) is 11.9 Å². The monoisotopic (exact) mass is 389 g/mol. The average molecular weight is 390 g/mol. The standard InChI is InChI=1S/C14H20BrN3OS2/c1-2-3-10(13(16)20)17-6-8-18(9-7-17)14(19)11-4-5-12(15)21-11/h4-5,10H,2-3,6-9H2,1H3,(H2,16,20). The first-order chi connectivity index (χ1) is 10.0. The van der Waals surface area contributed by atoms with Crippen LogP contribution in [0.2, 0.25) is 0 Å². The molecule has 2 N–H and O–H groups in total. The van der Waals surface area contributed by atoms with Crippen LogP contribution >= 0.6 is 39.5 Å². The van der Waals surface area contributed by atoms with Gasteiger partial charge in [-0.2, -0.15) is 0 Å². The molecule has 1 aromatic heterocycles. The minimum absolute atomic E-state index is 0.118. The Morgan fingerprint density at radius 1 is 1.43 bits per heavy atom. The Hall–Kier alpha value is -0.500. The van der Waals surface area contributed by atoms with E-state index in [2.05, 4.69) is 27.8 Å². The van der Waals surface area contributed by atoms with Crippen molar-refractivity contribution in [3.8, 4) is 0 Å². The van der Waals surface area contributed by atoms with Crippen molar-refractivity contribution >= 4 is 50.4 Å². The molecule has 116 valence electrons. The molecule has 0 spiro atoms. The lowest BCUT2D eigenvalue weighted by Gasteiger charge is -2.38. The number of nitrogens with zero attached hydrogens (tertiary/aromatic N) is 2. The van der Waals surface area contributed by atoms with E-state index < -0.39 is 0 Å². The van der Waals surface area contributed by atoms with Gasteiger partial charge in [0.15, 0.2) is 0 Å². The molecule has 0 saturated carbocycles. The number of carbonyl (C=O) groups is 1. The number of carbonyl (C=O) groups excluding carboxylic acids is 1. The summed E-state index contributed by atoms with van der Waals surface area (Å²) in [4.78, 5) is 18.0. The highest BCUT2D eigenvalue weighted by Crippen LogP contribution is 2.24. The number of amides is 1. The number of nitrogens with two attached hydrogens (primary N) is 1. The molecule has 1 aliphatic heterocycles. The second-order valence-electron chi connectivity index (χ2n) is 5.14. The zero-order valence-electron chi connectivity index (χ0n) is 12.0. The molecule has 1 aromatic rings. The molecule has 2 heterocycles. The second-order valence-corrected chi connectivity index (χ2v) is 8.07. The van der Waals surface area contributed by atoms with Crippen LogP contribution in [0.5, 0.6) is 0 Å². The Kier molecular flexibility index (Phi) is 6.16. The number of thiocarbonyl (C=S) groups is 1. The molecule has 0 radical (unpaired) electrons. The Morgan fingerprint density at radius 2 is 2.10 bits per heavy atom. The van der Waals surface area contributed by atoms with E-state index in [1.54, 1.807) is 0 Å². The summed E-state index contributed by atoms with van der Waals surface area (Å²) >= 11 is 10.1. The fourth-order valence-electron chi connectivity index (χ4n) is 2.60. The lowest BCUT2D eigenvalue weighted by atomic mass is 10.1. The molecule has 2 rings (SSSR count). The number of piperazine rings is 1. The van der Waals surface area contributed by atoms with E-state index in [0.29, 0.717) is 4.99 Å². The SMILES string of the molecule is CCCC(C(N)=S)N1CCN(C(=O)c2ccc(Br)s2)CC1. The molecular weight excluding hydrogens is 370 g/mol. The number of thiophene rings is 1. The van der Waals surface area contributed by atoms with Crippen LogP contribution in [0, 0.1) is 0 Å². The normalized spacial score (nSPS) is 17.7. The molecule has 4 nitrogen and oxygen atoms in total. The predicted octanol–water partition coefficient (Wildman–Crippen LogP) is 2.72. The van der Waals surface area contributed by atoms with Gasteiger partial charge in [-0.3, -0.25) is 9.69 Å². The summed E-state index contributed by atoms with van der Waals surface area (Å²) in [7, 11) is 0. The van der Waals surface area contributed by atoms with Crippen LogP contribution in [0.1, 0.15) is 29.4 Å². The maximum absolute atomic E-state index is 12.4. The van der Waals surface area contributed by atoms with Crippen LogP contribution in [-0.2, 0) is 0 Å². The third-order valence-electron chi connectivity index (χ3n) is 3.72. The van der Waals surface area contributed by atoms with Gasteiger partial charge >= 0.3 is 0 Å². The van der Waals surface area contributed by atoms with Gasteiger partial charge in [0.05, 0.1) is 19.7 Å². The molecule has 7 heteroatoms. The highest BCUT2D eigenvalue weighted by molar-refractivity contribution is 9.11. The summed E-state index contributed by atoms with van der Waals surface area (Å²) in [6, 6.07) is 3.95. The number of rotatable bonds is 5. The van der Waals surface area contributed by atoms with Crippen LogP contribution in [0.25, 0.3) is 0 Å². The maximum atomic E-state index is 12.4. The van der Waals surface area contributed by atoms with Crippen LogP contribution in [0.3, 0.4) is 0 Å². The molecule has 0 bridgehead atoms. The quantitative estimate of drug-likeness (QED) is 0.786. The van der Waals surface area contributed by atoms with Crippen molar-refractivity contribution < 1.29 is 4.79 Å². The van der Waals surface area contributed by atoms with E-state index in [0.717, 1.165) is 47.7 Å². The van der Waals surface area contributed by atoms with Gasteiger partial charge in [-0.25, -0.2) is 0 Å². The van der Waals surface area contributed by atoms with E-state index in [9.17, 15) is 4.79 Å². The molecule has 1 amide bonds. The predicted molar refractivity (Wildman–Crippen MR) is 95.0 cm³/mol. The van der Waals surface area contributed by atoms with Gasteiger partial charge in [0, 0.05) is 26.2 Å². The molecule has 21 heavy (non-hydrogen) atoms. The molecular formula is C14H20BrN3OS2. The van der Waals surface area contributed by atoms with Gasteiger partial charge < -0.3 is 10.6 Å². The van der Waals surface area contributed by atoms with Crippen molar-refractivity contribution in [3.63, 3.8) is 0 Å². The van der Waals surface area contributed by atoms with Crippen LogP contribution in [-0.4, -0.2) is 52.9 Å². The van der Waals surface area contributed by atoms with Crippen LogP contribution < -0.4 is 5.73 Å². The van der Waals surface area contributed by atoms with E-state index >= 15 is 0 Å². The summed E-state index contributed by atoms with van der Waals surface area (Å²) in [5, 5.41) is 0. The molecule has 0 aromatic carbocycles. The molecule has 0 aliphatic carbocycles. The zero-order chi connectivity index (χ0) is 15.4. The number of hydrogen-bond acceptors (Lipinski definition) is 4. The van der Waals surface area contributed by atoms with E-state index in [1.165, 1.54) is 11.3 Å². The first-order valence-electron chi connectivity index (χ1n) is 7.11. The molecule has 1 fully saturated rings. The number of halogens is 1. The first-order valence-corrected chi connectivity index (χ1v) is 9.12. The Bertz CT molecular complexity index is 512. The summed E-state index contributed by atoms with van der Waals surface area (Å²) in [5.41, 5.74) is 5.85. The largest absolute Gasteiger partial charge is 0.392 e. The summed E-state index contributed by atoms with van der Waals surface area (Å²) in [6.45, 7) is 5.27. The van der Waals surface area contributed by atoms with Crippen molar-refractivity contribution in [1.29, 1.82) is 0 Å². The van der Waals surface area contributed by atoms with Gasteiger partial charge in [0.25, 0.3) is 5.91 Å². The summed E-state index contributed by atoms with van der Waals surface area (Å²) < 4.78 is 0.987. The molecule has 1 saturated heterocycles. The van der Waals surface area contributed by atoms with Crippen molar-refractivity contribution in [2.75, 3.05) is 26.2 Å². The van der Waals surface area contributed by atoms with Crippen LogP contribution in [0.4, 0.5) is 0 Å². The average Bonchev–Trinajstić information content (AvgIpc) is 2.90.